The highest BCUT2D eigenvalue weighted by atomic mass is 79.9. The van der Waals surface area contributed by atoms with E-state index in [1.54, 1.807) is 6.07 Å². The van der Waals surface area contributed by atoms with Gasteiger partial charge in [-0.3, -0.25) is 0 Å². The minimum absolute atomic E-state index is 0.0159. The van der Waals surface area contributed by atoms with Crippen molar-refractivity contribution in [3.8, 4) is 0 Å². The van der Waals surface area contributed by atoms with Crippen LogP contribution in [0.15, 0.2) is 22.7 Å². The van der Waals surface area contributed by atoms with E-state index in [4.69, 9.17) is 5.73 Å². The average Bonchev–Trinajstić information content (AvgIpc) is 2.45. The van der Waals surface area contributed by atoms with Gasteiger partial charge in [0.05, 0.1) is 9.70 Å². The standard InChI is InChI=1S/C9H6BrF2NS/c10-6-2-5(9(11)12)1-4-3-7(13)14-8(4)6/h1-3,9H,13H2. The van der Waals surface area contributed by atoms with E-state index in [0.717, 1.165) is 10.1 Å². The van der Waals surface area contributed by atoms with Crippen LogP contribution in [-0.2, 0) is 0 Å². The molecule has 0 atom stereocenters. The molecule has 0 aliphatic rings. The minimum atomic E-state index is -2.45. The Morgan fingerprint density at radius 2 is 2.00 bits per heavy atom. The van der Waals surface area contributed by atoms with Gasteiger partial charge in [-0.1, -0.05) is 0 Å². The molecular weight excluding hydrogens is 272 g/mol. The first kappa shape index (κ1) is 9.86. The fraction of sp³-hybridized carbons (Fsp3) is 0.111. The number of anilines is 1. The molecule has 0 aliphatic carbocycles. The van der Waals surface area contributed by atoms with Crippen LogP contribution >= 0.6 is 27.3 Å². The van der Waals surface area contributed by atoms with Crippen LogP contribution in [0.2, 0.25) is 0 Å². The highest BCUT2D eigenvalue weighted by Gasteiger charge is 2.11. The summed E-state index contributed by atoms with van der Waals surface area (Å²) in [4.78, 5) is 0. The molecule has 1 aromatic carbocycles. The highest BCUT2D eigenvalue weighted by Crippen LogP contribution is 2.36. The number of alkyl halides is 2. The molecule has 0 bridgehead atoms. The largest absolute Gasteiger partial charge is 0.391 e. The van der Waals surface area contributed by atoms with E-state index in [1.165, 1.54) is 23.5 Å². The number of benzene rings is 1. The molecule has 0 aliphatic heterocycles. The summed E-state index contributed by atoms with van der Waals surface area (Å²) < 4.78 is 26.4. The molecule has 2 rings (SSSR count). The number of nitrogens with two attached hydrogens (primary N) is 1. The van der Waals surface area contributed by atoms with Crippen LogP contribution in [0.3, 0.4) is 0 Å². The van der Waals surface area contributed by atoms with Gasteiger partial charge in [0.2, 0.25) is 0 Å². The van der Waals surface area contributed by atoms with Gasteiger partial charge in [0, 0.05) is 10.0 Å². The van der Waals surface area contributed by atoms with Gasteiger partial charge in [-0.05, 0) is 39.5 Å². The quantitative estimate of drug-likeness (QED) is 0.831. The second-order valence-corrected chi connectivity index (χ2v) is 4.81. The van der Waals surface area contributed by atoms with E-state index in [1.807, 2.05) is 0 Å². The summed E-state index contributed by atoms with van der Waals surface area (Å²) in [6.07, 6.45) is -2.45. The summed E-state index contributed by atoms with van der Waals surface area (Å²) in [7, 11) is 0. The van der Waals surface area contributed by atoms with Crippen LogP contribution in [0, 0.1) is 0 Å². The Morgan fingerprint density at radius 1 is 1.29 bits per heavy atom. The van der Waals surface area contributed by atoms with Crippen LogP contribution in [0.4, 0.5) is 13.8 Å². The van der Waals surface area contributed by atoms with Gasteiger partial charge < -0.3 is 5.73 Å². The SMILES string of the molecule is Nc1cc2cc(C(F)F)cc(Br)c2s1. The maximum Gasteiger partial charge on any atom is 0.263 e. The molecule has 14 heavy (non-hydrogen) atoms. The molecule has 1 aromatic heterocycles. The molecule has 2 aromatic rings. The highest BCUT2D eigenvalue weighted by molar-refractivity contribution is 9.10. The lowest BCUT2D eigenvalue weighted by atomic mass is 10.2. The van der Waals surface area contributed by atoms with Crippen molar-refractivity contribution in [3.05, 3.63) is 28.2 Å². The smallest absolute Gasteiger partial charge is 0.263 e. The van der Waals surface area contributed by atoms with Gasteiger partial charge in [-0.2, -0.15) is 0 Å². The third-order valence-corrected chi connectivity index (χ3v) is 3.77. The van der Waals surface area contributed by atoms with Gasteiger partial charge in [-0.15, -0.1) is 11.3 Å². The molecule has 0 unspecified atom stereocenters. The monoisotopic (exact) mass is 277 g/mol. The molecule has 2 N–H and O–H groups in total. The van der Waals surface area contributed by atoms with Crippen molar-refractivity contribution in [1.29, 1.82) is 0 Å². The molecule has 0 fully saturated rings. The van der Waals surface area contributed by atoms with Crippen molar-refractivity contribution in [2.24, 2.45) is 0 Å². The number of halogens is 3. The molecule has 0 saturated carbocycles. The minimum Gasteiger partial charge on any atom is -0.391 e. The van der Waals surface area contributed by atoms with Crippen molar-refractivity contribution in [3.63, 3.8) is 0 Å². The first-order valence-electron chi connectivity index (χ1n) is 3.84. The molecule has 0 saturated heterocycles. The summed E-state index contributed by atoms with van der Waals surface area (Å²) in [6.45, 7) is 0. The Kier molecular flexibility index (Phi) is 2.45. The van der Waals surface area contributed by atoms with Crippen molar-refractivity contribution >= 4 is 42.4 Å². The normalized spacial score (nSPS) is 11.4. The third kappa shape index (κ3) is 1.62. The predicted octanol–water partition coefficient (Wildman–Crippen LogP) is 4.18. The van der Waals surface area contributed by atoms with Crippen LogP contribution in [0.5, 0.6) is 0 Å². The Bertz CT molecular complexity index is 481. The molecule has 0 amide bonds. The molecule has 5 heteroatoms. The maximum absolute atomic E-state index is 12.4. The Balaban J connectivity index is 2.71. The second-order valence-electron chi connectivity index (χ2n) is 2.87. The van der Waals surface area contributed by atoms with Crippen molar-refractivity contribution in [2.75, 3.05) is 5.73 Å². The number of nitrogen functional groups attached to an aromatic ring is 1. The second kappa shape index (κ2) is 3.47. The van der Waals surface area contributed by atoms with E-state index in [0.29, 0.717) is 9.47 Å². The number of hydrogen-bond donors (Lipinski definition) is 1. The van der Waals surface area contributed by atoms with Gasteiger partial charge in [0.1, 0.15) is 0 Å². The molecular formula is C9H6BrF2NS. The average molecular weight is 278 g/mol. The fourth-order valence-corrected chi connectivity index (χ4v) is 2.83. The topological polar surface area (TPSA) is 26.0 Å². The summed E-state index contributed by atoms with van der Waals surface area (Å²) in [5.41, 5.74) is 5.61. The zero-order valence-electron chi connectivity index (χ0n) is 6.93. The molecule has 74 valence electrons. The lowest BCUT2D eigenvalue weighted by molar-refractivity contribution is 0.151. The first-order valence-corrected chi connectivity index (χ1v) is 5.45. The molecule has 0 radical (unpaired) electrons. The maximum atomic E-state index is 12.4. The lowest BCUT2D eigenvalue weighted by Crippen LogP contribution is -1.83. The molecule has 1 heterocycles. The molecule has 0 spiro atoms. The van der Waals surface area contributed by atoms with Crippen molar-refractivity contribution in [1.82, 2.24) is 0 Å². The van der Waals surface area contributed by atoms with Gasteiger partial charge in [0.25, 0.3) is 6.43 Å². The van der Waals surface area contributed by atoms with E-state index >= 15 is 0 Å². The van der Waals surface area contributed by atoms with E-state index in [2.05, 4.69) is 15.9 Å². The number of hydrogen-bond acceptors (Lipinski definition) is 2. The van der Waals surface area contributed by atoms with E-state index in [-0.39, 0.29) is 5.56 Å². The summed E-state index contributed by atoms with van der Waals surface area (Å²) >= 11 is 4.64. The fourth-order valence-electron chi connectivity index (χ4n) is 1.28. The zero-order chi connectivity index (χ0) is 10.3. The number of fused-ring (bicyclic) bond motifs is 1. The summed E-state index contributed by atoms with van der Waals surface area (Å²) in [5, 5.41) is 1.39. The van der Waals surface area contributed by atoms with Gasteiger partial charge in [0.15, 0.2) is 0 Å². The Labute approximate surface area is 91.7 Å². The van der Waals surface area contributed by atoms with Gasteiger partial charge >= 0.3 is 0 Å². The van der Waals surface area contributed by atoms with Crippen molar-refractivity contribution in [2.45, 2.75) is 6.43 Å². The van der Waals surface area contributed by atoms with Crippen LogP contribution in [-0.4, -0.2) is 0 Å². The van der Waals surface area contributed by atoms with Crippen LogP contribution in [0.1, 0.15) is 12.0 Å². The van der Waals surface area contributed by atoms with Gasteiger partial charge in [-0.25, -0.2) is 8.78 Å². The van der Waals surface area contributed by atoms with E-state index in [9.17, 15) is 8.78 Å². The predicted molar refractivity (Wildman–Crippen MR) is 58.9 cm³/mol. The zero-order valence-corrected chi connectivity index (χ0v) is 9.33. The molecule has 1 nitrogen and oxygen atoms in total. The Morgan fingerprint density at radius 3 is 2.64 bits per heavy atom. The lowest BCUT2D eigenvalue weighted by Gasteiger charge is -2.01. The Hall–Kier alpha value is -0.680. The number of rotatable bonds is 1. The van der Waals surface area contributed by atoms with Crippen molar-refractivity contribution < 1.29 is 8.78 Å². The van der Waals surface area contributed by atoms with Crippen LogP contribution in [0.25, 0.3) is 10.1 Å². The summed E-state index contributed by atoms with van der Waals surface area (Å²) in [5.74, 6) is 0. The third-order valence-electron chi connectivity index (χ3n) is 1.86. The summed E-state index contributed by atoms with van der Waals surface area (Å²) in [6, 6.07) is 4.61. The van der Waals surface area contributed by atoms with E-state index < -0.39 is 6.43 Å². The number of thiophene rings is 1. The first-order chi connectivity index (χ1) is 6.58. The van der Waals surface area contributed by atoms with Crippen LogP contribution < -0.4 is 5.73 Å².